The molecule has 0 bridgehead atoms. The van der Waals surface area contributed by atoms with Gasteiger partial charge in [-0.25, -0.2) is 0 Å². The van der Waals surface area contributed by atoms with E-state index in [0.717, 1.165) is 10.1 Å². The molecule has 8 heavy (non-hydrogen) atoms. The third kappa shape index (κ3) is 0.487. The highest BCUT2D eigenvalue weighted by Crippen LogP contribution is 2.11. The van der Waals surface area contributed by atoms with E-state index in [2.05, 4.69) is 9.34 Å². The van der Waals surface area contributed by atoms with E-state index < -0.39 is 0 Å². The second-order valence-corrected chi connectivity index (χ2v) is 2.98. The van der Waals surface area contributed by atoms with Crippen molar-refractivity contribution in [1.29, 1.82) is 0 Å². The van der Waals surface area contributed by atoms with Crippen molar-refractivity contribution >= 4 is 44.7 Å². The van der Waals surface area contributed by atoms with Gasteiger partial charge in [-0.2, -0.15) is 0 Å². The minimum absolute atomic E-state index is 1.05. The Bertz CT molecular complexity index is 225. The summed E-state index contributed by atoms with van der Waals surface area (Å²) in [5, 5.41) is 2.10. The summed E-state index contributed by atoms with van der Waals surface area (Å²) >= 11 is 3.16. The van der Waals surface area contributed by atoms with Gasteiger partial charge in [0.2, 0.25) is 0 Å². The molecule has 38 valence electrons. The molecule has 0 aromatic heterocycles. The van der Waals surface area contributed by atoms with Gasteiger partial charge in [-0.1, -0.05) is 9.34 Å². The van der Waals surface area contributed by atoms with Crippen molar-refractivity contribution in [3.63, 3.8) is 0 Å². The van der Waals surface area contributed by atoms with E-state index in [1.807, 2.05) is 11.1 Å². The molecule has 0 unspecified atom stereocenters. The van der Waals surface area contributed by atoms with Crippen LogP contribution in [-0.4, -0.2) is 21.2 Å². The van der Waals surface area contributed by atoms with Crippen molar-refractivity contribution in [2.45, 2.75) is 0 Å². The number of hydrogen-bond acceptors (Lipinski definition) is 2. The topological polar surface area (TPSA) is 28.2 Å². The molecule has 0 aromatic carbocycles. The molecule has 2 nitrogen and oxygen atoms in total. The molecule has 0 saturated heterocycles. The van der Waals surface area contributed by atoms with E-state index in [1.54, 1.807) is 23.5 Å². The van der Waals surface area contributed by atoms with E-state index in [-0.39, 0.29) is 0 Å². The molecule has 0 atom stereocenters. The van der Waals surface area contributed by atoms with Crippen LogP contribution in [0, 0.1) is 0 Å². The molecule has 2 rings (SSSR count). The average molecular weight is 142 g/mol. The Morgan fingerprint density at radius 1 is 1.00 bits per heavy atom. The van der Waals surface area contributed by atoms with Gasteiger partial charge in [0.25, 0.3) is 0 Å². The summed E-state index contributed by atoms with van der Waals surface area (Å²) in [7, 11) is 0. The lowest BCUT2D eigenvalue weighted by molar-refractivity contribution is 1.76. The van der Waals surface area contributed by atoms with E-state index in [0.29, 0.717) is 0 Å². The van der Waals surface area contributed by atoms with Crippen molar-refractivity contribution in [2.75, 3.05) is 0 Å². The number of fused-ring (bicyclic) bond motifs is 1. The normalized spacial score (nSPS) is 21.0. The minimum atomic E-state index is 1.05. The molecular weight excluding hydrogens is 140 g/mol. The summed E-state index contributed by atoms with van der Waals surface area (Å²) in [6.45, 7) is 0. The SMILES string of the molecule is C1=[N+]=C2SC=[N+]=C2S1. The lowest BCUT2D eigenvalue weighted by Crippen LogP contribution is -1.99. The zero-order valence-corrected chi connectivity index (χ0v) is 5.50. The third-order valence-electron chi connectivity index (χ3n) is 0.852. The molecule has 2 aliphatic heterocycles. The Morgan fingerprint density at radius 3 is 2.00 bits per heavy atom. The Morgan fingerprint density at radius 2 is 1.50 bits per heavy atom. The first-order valence-electron chi connectivity index (χ1n) is 2.09. The van der Waals surface area contributed by atoms with Crippen LogP contribution >= 0.6 is 23.5 Å². The van der Waals surface area contributed by atoms with Gasteiger partial charge in [-0.05, 0) is 0 Å². The Kier molecular flexibility index (Phi) is 0.861. The van der Waals surface area contributed by atoms with E-state index in [4.69, 9.17) is 0 Å². The van der Waals surface area contributed by atoms with Crippen LogP contribution < -0.4 is 9.34 Å². The van der Waals surface area contributed by atoms with Gasteiger partial charge in [0, 0.05) is 0 Å². The van der Waals surface area contributed by atoms with Crippen molar-refractivity contribution in [1.82, 2.24) is 9.34 Å². The monoisotopic (exact) mass is 142 g/mol. The molecule has 0 saturated carbocycles. The quantitative estimate of drug-likeness (QED) is 0.425. The number of rotatable bonds is 0. The number of nitrogens with zero attached hydrogens (tertiary/aromatic N) is 2. The molecule has 2 heterocycles. The Labute approximate surface area is 54.6 Å². The van der Waals surface area contributed by atoms with Gasteiger partial charge in [-0.3, -0.25) is 0 Å². The molecule has 2 aliphatic rings. The fourth-order valence-electron chi connectivity index (χ4n) is 0.520. The maximum Gasteiger partial charge on any atom is 0.469 e. The lowest BCUT2D eigenvalue weighted by atomic mass is 10.8. The number of thioether (sulfide) groups is 2. The molecule has 4 heteroatoms. The first-order chi connectivity index (χ1) is 3.97. The molecule has 0 aromatic rings. The maximum atomic E-state index is 4.05. The standard InChI is InChI=1S/C4H2N2S2/c1-5-3-4(7-1)6-2-8-3/h1-2H/q+2. The minimum Gasteiger partial charge on any atom is -0.0665 e. The van der Waals surface area contributed by atoms with Crippen LogP contribution in [0.3, 0.4) is 0 Å². The summed E-state index contributed by atoms with van der Waals surface area (Å²) < 4.78 is 8.11. The highest BCUT2D eigenvalue weighted by atomic mass is 32.2. The molecular formula is C4H2N2S2+2. The van der Waals surface area contributed by atoms with Crippen LogP contribution in [0.5, 0.6) is 0 Å². The van der Waals surface area contributed by atoms with E-state index in [1.165, 1.54) is 0 Å². The lowest BCUT2D eigenvalue weighted by Gasteiger charge is -1.55. The smallest absolute Gasteiger partial charge is 0.0665 e. The summed E-state index contributed by atoms with van der Waals surface area (Å²) in [4.78, 5) is 0. The van der Waals surface area contributed by atoms with Crippen LogP contribution in [0.1, 0.15) is 0 Å². The largest absolute Gasteiger partial charge is 0.469 e. The van der Waals surface area contributed by atoms with Gasteiger partial charge in [0.15, 0.2) is 0 Å². The highest BCUT2D eigenvalue weighted by Gasteiger charge is 2.40. The van der Waals surface area contributed by atoms with Crippen LogP contribution in [0.2, 0.25) is 0 Å². The van der Waals surface area contributed by atoms with Crippen LogP contribution in [0.25, 0.3) is 0 Å². The second kappa shape index (κ2) is 1.54. The molecule has 0 N–H and O–H groups in total. The highest BCUT2D eigenvalue weighted by molar-refractivity contribution is 8.36. The summed E-state index contributed by atoms with van der Waals surface area (Å²) in [5.74, 6) is 0. The van der Waals surface area contributed by atoms with Crippen molar-refractivity contribution in [3.05, 3.63) is 0 Å². The van der Waals surface area contributed by atoms with Gasteiger partial charge in [0.1, 0.15) is 0 Å². The predicted molar refractivity (Wildman–Crippen MR) is 41.6 cm³/mol. The Hall–Kier alpha value is -0.400. The van der Waals surface area contributed by atoms with Crippen LogP contribution in [0.15, 0.2) is 0 Å². The van der Waals surface area contributed by atoms with E-state index >= 15 is 0 Å². The molecule has 0 fully saturated rings. The summed E-state index contributed by atoms with van der Waals surface area (Å²) in [6, 6.07) is 0. The maximum absolute atomic E-state index is 4.05. The van der Waals surface area contributed by atoms with Gasteiger partial charge >= 0.3 is 21.2 Å². The average Bonchev–Trinajstić information content (AvgIpc) is 2.15. The molecule has 0 amide bonds. The van der Waals surface area contributed by atoms with Crippen LogP contribution in [0.4, 0.5) is 0 Å². The predicted octanol–water partition coefficient (Wildman–Crippen LogP) is -0.532. The molecule has 0 spiro atoms. The van der Waals surface area contributed by atoms with Crippen molar-refractivity contribution in [2.24, 2.45) is 0 Å². The van der Waals surface area contributed by atoms with Crippen LogP contribution in [-0.2, 0) is 0 Å². The first-order valence-corrected chi connectivity index (χ1v) is 3.85. The zero-order chi connectivity index (χ0) is 5.40. The van der Waals surface area contributed by atoms with E-state index in [9.17, 15) is 0 Å². The second-order valence-electron chi connectivity index (χ2n) is 1.32. The number of hydrogen-bond donors (Lipinski definition) is 0. The molecule has 0 aliphatic carbocycles. The molecule has 0 radical (unpaired) electrons. The van der Waals surface area contributed by atoms with Gasteiger partial charge in [0.05, 0.1) is 23.5 Å². The fourth-order valence-corrected chi connectivity index (χ4v) is 1.99. The van der Waals surface area contributed by atoms with Gasteiger partial charge in [-0.15, -0.1) is 0 Å². The zero-order valence-electron chi connectivity index (χ0n) is 3.87. The fraction of sp³-hybridized carbons (Fsp3) is 0. The first kappa shape index (κ1) is 4.48. The third-order valence-corrected chi connectivity index (χ3v) is 2.45. The van der Waals surface area contributed by atoms with Gasteiger partial charge < -0.3 is 0 Å². The van der Waals surface area contributed by atoms with Crippen molar-refractivity contribution < 1.29 is 0 Å². The summed E-state index contributed by atoms with van der Waals surface area (Å²) in [5.41, 5.74) is 3.63. The summed E-state index contributed by atoms with van der Waals surface area (Å²) in [6.07, 6.45) is 0. The van der Waals surface area contributed by atoms with Crippen molar-refractivity contribution in [3.8, 4) is 0 Å². The Balaban J connectivity index is 2.59.